The third-order valence-corrected chi connectivity index (χ3v) is 5.00. The minimum absolute atomic E-state index is 0.0174. The zero-order valence-corrected chi connectivity index (χ0v) is 10.9. The van der Waals surface area contributed by atoms with E-state index < -0.39 is 29.4 Å². The molecular weight excluding hydrogens is 273 g/mol. The van der Waals surface area contributed by atoms with Crippen molar-refractivity contribution in [3.8, 4) is 0 Å². The van der Waals surface area contributed by atoms with Gasteiger partial charge in [0.05, 0.1) is 0 Å². The Balaban J connectivity index is 1.75. The zero-order valence-electron chi connectivity index (χ0n) is 10.9. The highest BCUT2D eigenvalue weighted by Crippen LogP contribution is 2.56. The van der Waals surface area contributed by atoms with E-state index in [-0.39, 0.29) is 5.92 Å². The highest BCUT2D eigenvalue weighted by Gasteiger charge is 2.58. The Morgan fingerprint density at radius 1 is 1.20 bits per heavy atom. The maximum Gasteiger partial charge on any atom is 0.422 e. The summed E-state index contributed by atoms with van der Waals surface area (Å²) in [5.41, 5.74) is -2.65. The molecule has 0 aromatic rings. The molecule has 4 aliphatic carbocycles. The summed E-state index contributed by atoms with van der Waals surface area (Å²) in [6.07, 6.45) is -1.82. The summed E-state index contributed by atoms with van der Waals surface area (Å²) in [5, 5.41) is 10.6. The van der Waals surface area contributed by atoms with Gasteiger partial charge in [0.25, 0.3) is 0 Å². The molecule has 4 bridgehead atoms. The van der Waals surface area contributed by atoms with Crippen molar-refractivity contribution in [1.82, 2.24) is 0 Å². The number of esters is 1. The number of ether oxygens (including phenoxy) is 1. The molecule has 5 atom stereocenters. The van der Waals surface area contributed by atoms with Gasteiger partial charge >= 0.3 is 12.1 Å². The van der Waals surface area contributed by atoms with E-state index in [9.17, 15) is 23.1 Å². The first kappa shape index (κ1) is 13.9. The molecule has 4 saturated carbocycles. The van der Waals surface area contributed by atoms with Crippen LogP contribution in [0.25, 0.3) is 0 Å². The third-order valence-electron chi connectivity index (χ3n) is 5.00. The Kier molecular flexibility index (Phi) is 2.94. The van der Waals surface area contributed by atoms with E-state index in [4.69, 9.17) is 4.74 Å². The normalized spacial score (nSPS) is 42.6. The Morgan fingerprint density at radius 2 is 1.75 bits per heavy atom. The molecule has 0 heterocycles. The van der Waals surface area contributed by atoms with Crippen molar-refractivity contribution in [1.29, 1.82) is 0 Å². The van der Waals surface area contributed by atoms with Crippen LogP contribution in [0.3, 0.4) is 0 Å². The molecule has 112 valence electrons. The number of hydrogen-bond acceptors (Lipinski definition) is 3. The Morgan fingerprint density at radius 3 is 2.20 bits per heavy atom. The van der Waals surface area contributed by atoms with Gasteiger partial charge in [0.2, 0.25) is 0 Å². The molecule has 0 aromatic heterocycles. The lowest BCUT2D eigenvalue weighted by Crippen LogP contribution is -2.61. The molecule has 3 unspecified atom stereocenters. The predicted octanol–water partition coefficient (Wildman–Crippen LogP) is 2.59. The average molecular weight is 290 g/mol. The van der Waals surface area contributed by atoms with Crippen molar-refractivity contribution in [2.45, 2.75) is 50.0 Å². The summed E-state index contributed by atoms with van der Waals surface area (Å²) in [4.78, 5) is 11.6. The summed E-state index contributed by atoms with van der Waals surface area (Å²) in [5.74, 6) is -0.642. The van der Waals surface area contributed by atoms with E-state index in [0.29, 0.717) is 24.7 Å². The van der Waals surface area contributed by atoms with Gasteiger partial charge in [0, 0.05) is 0 Å². The van der Waals surface area contributed by atoms with E-state index in [0.717, 1.165) is 19.3 Å². The number of hydrogen-bond donors (Lipinski definition) is 1. The number of carbonyl (C=O) groups is 1. The lowest BCUT2D eigenvalue weighted by Gasteiger charge is -2.57. The van der Waals surface area contributed by atoms with Crippen LogP contribution in [0.15, 0.2) is 12.2 Å². The quantitative estimate of drug-likeness (QED) is 0.628. The van der Waals surface area contributed by atoms with E-state index >= 15 is 0 Å². The molecule has 20 heavy (non-hydrogen) atoms. The van der Waals surface area contributed by atoms with E-state index in [1.54, 1.807) is 0 Å². The van der Waals surface area contributed by atoms with Crippen molar-refractivity contribution in [2.24, 2.45) is 17.8 Å². The van der Waals surface area contributed by atoms with Crippen LogP contribution in [0.2, 0.25) is 0 Å². The van der Waals surface area contributed by atoms with Crippen LogP contribution in [-0.4, -0.2) is 29.0 Å². The molecule has 0 aliphatic heterocycles. The van der Waals surface area contributed by atoms with Crippen molar-refractivity contribution in [2.75, 3.05) is 0 Å². The number of halogens is 3. The van der Waals surface area contributed by atoms with Crippen molar-refractivity contribution >= 4 is 5.97 Å². The first-order valence-electron chi connectivity index (χ1n) is 6.88. The lowest BCUT2D eigenvalue weighted by atomic mass is 9.53. The largest absolute Gasteiger partial charge is 0.455 e. The van der Waals surface area contributed by atoms with Gasteiger partial charge in [-0.05, 0) is 49.9 Å². The predicted molar refractivity (Wildman–Crippen MR) is 63.6 cm³/mol. The maximum atomic E-state index is 12.4. The Bertz CT molecular complexity index is 443. The van der Waals surface area contributed by atoms with Gasteiger partial charge in [-0.1, -0.05) is 6.58 Å². The minimum Gasteiger partial charge on any atom is -0.455 e. The van der Waals surface area contributed by atoms with Gasteiger partial charge in [0.15, 0.2) is 0 Å². The summed E-state index contributed by atoms with van der Waals surface area (Å²) in [6, 6.07) is 0. The molecule has 0 aromatic carbocycles. The van der Waals surface area contributed by atoms with Crippen LogP contribution in [-0.2, 0) is 9.53 Å². The second-order valence-corrected chi connectivity index (χ2v) is 6.51. The van der Waals surface area contributed by atoms with E-state index in [2.05, 4.69) is 6.58 Å². The third kappa shape index (κ3) is 2.14. The van der Waals surface area contributed by atoms with Gasteiger partial charge in [-0.25, -0.2) is 4.79 Å². The molecule has 4 rings (SSSR count). The average Bonchev–Trinajstić information content (AvgIpc) is 2.30. The summed E-state index contributed by atoms with van der Waals surface area (Å²) >= 11 is 0. The monoisotopic (exact) mass is 290 g/mol. The van der Waals surface area contributed by atoms with Crippen LogP contribution >= 0.6 is 0 Å². The Labute approximate surface area is 114 Å². The molecule has 1 N–H and O–H groups in total. The molecular formula is C14H17F3O3. The Hall–Kier alpha value is -1.04. The van der Waals surface area contributed by atoms with Crippen LogP contribution in [0.4, 0.5) is 13.2 Å². The van der Waals surface area contributed by atoms with E-state index in [1.807, 2.05) is 0 Å². The minimum atomic E-state index is -4.79. The zero-order chi connectivity index (χ0) is 14.7. The van der Waals surface area contributed by atoms with Crippen LogP contribution < -0.4 is 0 Å². The molecule has 6 heteroatoms. The first-order chi connectivity index (χ1) is 9.19. The van der Waals surface area contributed by atoms with Gasteiger partial charge < -0.3 is 9.84 Å². The number of carbonyl (C=O) groups excluding carboxylic acids is 1. The molecule has 4 aliphatic rings. The SMILES string of the molecule is C=C(C(=O)OC1C2C[C@@H]3C[C@H](C2)CC1(O)C3)C(F)(F)F. The molecule has 0 spiro atoms. The lowest BCUT2D eigenvalue weighted by molar-refractivity contribution is -0.223. The smallest absolute Gasteiger partial charge is 0.422 e. The van der Waals surface area contributed by atoms with Gasteiger partial charge in [-0.3, -0.25) is 0 Å². The van der Waals surface area contributed by atoms with Crippen molar-refractivity contribution in [3.05, 3.63) is 12.2 Å². The van der Waals surface area contributed by atoms with Crippen molar-refractivity contribution < 1.29 is 27.8 Å². The highest BCUT2D eigenvalue weighted by atomic mass is 19.4. The molecule has 0 saturated heterocycles. The number of alkyl halides is 3. The fourth-order valence-corrected chi connectivity index (χ4v) is 4.46. The topological polar surface area (TPSA) is 46.5 Å². The van der Waals surface area contributed by atoms with Gasteiger partial charge in [0.1, 0.15) is 17.3 Å². The molecule has 3 nitrogen and oxygen atoms in total. The number of aliphatic hydroxyl groups is 1. The fourth-order valence-electron chi connectivity index (χ4n) is 4.46. The van der Waals surface area contributed by atoms with Gasteiger partial charge in [-0.2, -0.15) is 13.2 Å². The van der Waals surface area contributed by atoms with E-state index in [1.165, 1.54) is 0 Å². The fraction of sp³-hybridized carbons (Fsp3) is 0.786. The van der Waals surface area contributed by atoms with Crippen LogP contribution in [0.1, 0.15) is 32.1 Å². The van der Waals surface area contributed by atoms with Gasteiger partial charge in [-0.15, -0.1) is 0 Å². The summed E-state index contributed by atoms with van der Waals surface area (Å²) in [7, 11) is 0. The standard InChI is InChI=1S/C14H17F3O3/c1-7(14(15,16)17)12(18)20-11-10-3-8-2-9(4-10)6-13(11,19)5-8/h8-11,19H,1-6H2/t8-,9+,10?,11?,13?. The number of rotatable bonds is 2. The molecule has 4 fully saturated rings. The van der Waals surface area contributed by atoms with Crippen molar-refractivity contribution in [3.63, 3.8) is 0 Å². The second-order valence-electron chi connectivity index (χ2n) is 6.51. The first-order valence-corrected chi connectivity index (χ1v) is 6.88. The summed E-state index contributed by atoms with van der Waals surface area (Å²) in [6.45, 7) is 2.75. The highest BCUT2D eigenvalue weighted by molar-refractivity contribution is 5.89. The summed E-state index contributed by atoms with van der Waals surface area (Å²) < 4.78 is 42.3. The molecule has 0 amide bonds. The van der Waals surface area contributed by atoms with Crippen LogP contribution in [0, 0.1) is 17.8 Å². The maximum absolute atomic E-state index is 12.4. The molecule has 0 radical (unpaired) electrons. The second kappa shape index (κ2) is 4.23. The van der Waals surface area contributed by atoms with Crippen LogP contribution in [0.5, 0.6) is 0 Å².